The topological polar surface area (TPSA) is 96.2 Å². The molecule has 0 aliphatic carbocycles. The van der Waals surface area contributed by atoms with Crippen LogP contribution in [0, 0.1) is 11.8 Å². The zero-order valence-corrected chi connectivity index (χ0v) is 9.36. The first-order valence-electron chi connectivity index (χ1n) is 5.19. The number of carboxylic acid groups (broad SMARTS) is 1. The van der Waals surface area contributed by atoms with Crippen LogP contribution in [0.15, 0.2) is 24.3 Å². The fraction of sp³-hybridized carbons (Fsp3) is 0.0769. The molecule has 1 aromatic heterocycles. The molecular weight excluding hydrogens is 232 g/mol. The van der Waals surface area contributed by atoms with Crippen LogP contribution in [0.1, 0.15) is 22.5 Å². The third kappa shape index (κ3) is 2.50. The standard InChI is InChI=1S/C13H10N2O3/c14-12(16)3-1-2-8-4-5-10-9(6-8)7-11(15-10)13(17)18/h4-7,15H,3H2,(H2,14,16)(H,17,18). The number of rotatable bonds is 2. The van der Waals surface area contributed by atoms with Crippen molar-refractivity contribution in [1.82, 2.24) is 4.98 Å². The Balaban J connectivity index is 2.34. The minimum atomic E-state index is -1.01. The first-order chi connectivity index (χ1) is 8.56. The zero-order valence-electron chi connectivity index (χ0n) is 9.36. The Morgan fingerprint density at radius 1 is 1.33 bits per heavy atom. The number of carboxylic acids is 1. The first-order valence-corrected chi connectivity index (χ1v) is 5.19. The second-order valence-corrected chi connectivity index (χ2v) is 3.74. The van der Waals surface area contributed by atoms with Gasteiger partial charge >= 0.3 is 5.97 Å². The number of H-pyrrole nitrogens is 1. The third-order valence-corrected chi connectivity index (χ3v) is 2.35. The first kappa shape index (κ1) is 11.7. The molecule has 18 heavy (non-hydrogen) atoms. The Hall–Kier alpha value is -2.74. The number of amides is 1. The lowest BCUT2D eigenvalue weighted by Crippen LogP contribution is -2.08. The van der Waals surface area contributed by atoms with Gasteiger partial charge in [-0.05, 0) is 24.3 Å². The molecule has 0 atom stereocenters. The van der Waals surface area contributed by atoms with Crippen LogP contribution in [-0.2, 0) is 4.79 Å². The summed E-state index contributed by atoms with van der Waals surface area (Å²) < 4.78 is 0. The number of aromatic nitrogens is 1. The number of nitrogens with two attached hydrogens (primary N) is 1. The summed E-state index contributed by atoms with van der Waals surface area (Å²) in [5.74, 6) is 3.96. The van der Waals surface area contributed by atoms with Crippen molar-refractivity contribution < 1.29 is 14.7 Å². The van der Waals surface area contributed by atoms with Crippen LogP contribution in [0.3, 0.4) is 0 Å². The van der Waals surface area contributed by atoms with Crippen LogP contribution in [0.5, 0.6) is 0 Å². The Labute approximate surface area is 103 Å². The monoisotopic (exact) mass is 242 g/mol. The van der Waals surface area contributed by atoms with Crippen LogP contribution in [0.4, 0.5) is 0 Å². The second kappa shape index (κ2) is 4.63. The predicted octanol–water partition coefficient (Wildman–Crippen LogP) is 1.09. The highest BCUT2D eigenvalue weighted by Crippen LogP contribution is 2.16. The molecule has 0 aliphatic rings. The van der Waals surface area contributed by atoms with Gasteiger partial charge in [0.05, 0.1) is 6.42 Å². The van der Waals surface area contributed by atoms with E-state index in [1.807, 2.05) is 0 Å². The molecule has 1 heterocycles. The third-order valence-electron chi connectivity index (χ3n) is 2.35. The van der Waals surface area contributed by atoms with Gasteiger partial charge in [-0.2, -0.15) is 0 Å². The maximum Gasteiger partial charge on any atom is 0.352 e. The lowest BCUT2D eigenvalue weighted by molar-refractivity contribution is -0.117. The van der Waals surface area contributed by atoms with Gasteiger partial charge in [0.2, 0.25) is 5.91 Å². The summed E-state index contributed by atoms with van der Waals surface area (Å²) >= 11 is 0. The van der Waals surface area contributed by atoms with Crippen molar-refractivity contribution in [2.45, 2.75) is 6.42 Å². The SMILES string of the molecule is NC(=O)CC#Cc1ccc2[nH]c(C(=O)O)cc2c1. The van der Waals surface area contributed by atoms with Gasteiger partial charge in [0.15, 0.2) is 0 Å². The van der Waals surface area contributed by atoms with E-state index < -0.39 is 11.9 Å². The van der Waals surface area contributed by atoms with Crippen molar-refractivity contribution in [2.75, 3.05) is 0 Å². The zero-order chi connectivity index (χ0) is 13.1. The quantitative estimate of drug-likeness (QED) is 0.688. The molecule has 0 unspecified atom stereocenters. The molecule has 2 rings (SSSR count). The summed E-state index contributed by atoms with van der Waals surface area (Å²) in [6.45, 7) is 0. The summed E-state index contributed by atoms with van der Waals surface area (Å²) in [4.78, 5) is 24.1. The van der Waals surface area contributed by atoms with Crippen molar-refractivity contribution in [3.8, 4) is 11.8 Å². The average Bonchev–Trinajstić information content (AvgIpc) is 2.71. The van der Waals surface area contributed by atoms with Gasteiger partial charge in [0.25, 0.3) is 0 Å². The Morgan fingerprint density at radius 2 is 2.11 bits per heavy atom. The molecule has 1 aromatic carbocycles. The molecule has 5 heteroatoms. The number of hydrogen-bond acceptors (Lipinski definition) is 2. The van der Waals surface area contributed by atoms with E-state index in [1.165, 1.54) is 6.07 Å². The smallest absolute Gasteiger partial charge is 0.352 e. The number of carbonyl (C=O) groups is 2. The fourth-order valence-electron chi connectivity index (χ4n) is 1.56. The largest absolute Gasteiger partial charge is 0.477 e. The molecule has 0 radical (unpaired) electrons. The maximum absolute atomic E-state index is 10.8. The minimum absolute atomic E-state index is 0.00551. The van der Waals surface area contributed by atoms with Crippen LogP contribution >= 0.6 is 0 Å². The van der Waals surface area contributed by atoms with Crippen molar-refractivity contribution in [2.24, 2.45) is 5.73 Å². The normalized spacial score (nSPS) is 9.78. The van der Waals surface area contributed by atoms with E-state index in [1.54, 1.807) is 18.2 Å². The van der Waals surface area contributed by atoms with E-state index in [0.717, 1.165) is 10.9 Å². The number of aromatic carboxylic acids is 1. The highest BCUT2D eigenvalue weighted by molar-refractivity contribution is 5.94. The van der Waals surface area contributed by atoms with E-state index in [-0.39, 0.29) is 12.1 Å². The molecule has 0 saturated heterocycles. The maximum atomic E-state index is 10.8. The molecule has 0 fully saturated rings. The Morgan fingerprint density at radius 3 is 2.78 bits per heavy atom. The van der Waals surface area contributed by atoms with Gasteiger partial charge in [-0.25, -0.2) is 4.79 Å². The summed E-state index contributed by atoms with van der Waals surface area (Å²) in [5, 5.41) is 9.61. The molecular formula is C13H10N2O3. The van der Waals surface area contributed by atoms with Gasteiger partial charge < -0.3 is 15.8 Å². The predicted molar refractivity (Wildman–Crippen MR) is 65.9 cm³/mol. The molecule has 2 aromatic rings. The van der Waals surface area contributed by atoms with Crippen LogP contribution in [0.25, 0.3) is 10.9 Å². The van der Waals surface area contributed by atoms with Gasteiger partial charge in [0, 0.05) is 16.5 Å². The van der Waals surface area contributed by atoms with E-state index in [4.69, 9.17) is 10.8 Å². The number of primary amides is 1. The van der Waals surface area contributed by atoms with Gasteiger partial charge in [-0.3, -0.25) is 4.79 Å². The van der Waals surface area contributed by atoms with Gasteiger partial charge in [-0.15, -0.1) is 0 Å². The fourth-order valence-corrected chi connectivity index (χ4v) is 1.56. The molecule has 4 N–H and O–H groups in total. The molecule has 0 saturated carbocycles. The molecule has 0 aliphatic heterocycles. The van der Waals surface area contributed by atoms with Crippen molar-refractivity contribution >= 4 is 22.8 Å². The Bertz CT molecular complexity index is 689. The number of carbonyl (C=O) groups excluding carboxylic acids is 1. The lowest BCUT2D eigenvalue weighted by atomic mass is 10.1. The number of hydrogen-bond donors (Lipinski definition) is 3. The summed E-state index contributed by atoms with van der Waals surface area (Å²) in [6, 6.07) is 6.79. The molecule has 90 valence electrons. The van der Waals surface area contributed by atoms with Gasteiger partial charge in [-0.1, -0.05) is 11.8 Å². The molecule has 0 spiro atoms. The van der Waals surface area contributed by atoms with Crippen LogP contribution < -0.4 is 5.73 Å². The summed E-state index contributed by atoms with van der Waals surface area (Å²) in [7, 11) is 0. The van der Waals surface area contributed by atoms with Crippen LogP contribution in [0.2, 0.25) is 0 Å². The highest BCUT2D eigenvalue weighted by Gasteiger charge is 2.06. The summed E-state index contributed by atoms with van der Waals surface area (Å²) in [6.07, 6.45) is 0.00551. The molecule has 5 nitrogen and oxygen atoms in total. The second-order valence-electron chi connectivity index (χ2n) is 3.74. The van der Waals surface area contributed by atoms with E-state index in [9.17, 15) is 9.59 Å². The number of aromatic amines is 1. The number of fused-ring (bicyclic) bond motifs is 1. The highest BCUT2D eigenvalue weighted by atomic mass is 16.4. The number of benzene rings is 1. The van der Waals surface area contributed by atoms with Crippen molar-refractivity contribution in [3.05, 3.63) is 35.5 Å². The van der Waals surface area contributed by atoms with Crippen molar-refractivity contribution in [3.63, 3.8) is 0 Å². The van der Waals surface area contributed by atoms with E-state index in [0.29, 0.717) is 5.56 Å². The summed E-state index contributed by atoms with van der Waals surface area (Å²) in [5.41, 5.74) is 6.54. The van der Waals surface area contributed by atoms with Crippen molar-refractivity contribution in [1.29, 1.82) is 0 Å². The molecule has 0 bridgehead atoms. The average molecular weight is 242 g/mol. The van der Waals surface area contributed by atoms with E-state index >= 15 is 0 Å². The minimum Gasteiger partial charge on any atom is -0.477 e. The van der Waals surface area contributed by atoms with E-state index in [2.05, 4.69) is 16.8 Å². The van der Waals surface area contributed by atoms with Gasteiger partial charge in [0.1, 0.15) is 5.69 Å². The Kier molecular flexibility index (Phi) is 3.02. The number of nitrogens with one attached hydrogen (secondary N) is 1. The lowest BCUT2D eigenvalue weighted by Gasteiger charge is -1.91. The van der Waals surface area contributed by atoms with Crippen LogP contribution in [-0.4, -0.2) is 22.0 Å². The molecule has 1 amide bonds.